The summed E-state index contributed by atoms with van der Waals surface area (Å²) in [6.07, 6.45) is 41.7. The van der Waals surface area contributed by atoms with Crippen LogP contribution in [-0.4, -0.2) is 27.4 Å². The van der Waals surface area contributed by atoms with Crippen molar-refractivity contribution < 1.29 is 32.6 Å². The molecule has 0 bridgehead atoms. The van der Waals surface area contributed by atoms with Gasteiger partial charge in [0.1, 0.15) is 6.61 Å². The van der Waals surface area contributed by atoms with Crippen molar-refractivity contribution in [3.8, 4) is 11.5 Å². The van der Waals surface area contributed by atoms with E-state index in [0.717, 1.165) is 31.2 Å². The second kappa shape index (κ2) is 37.8. The standard InChI is InChI=1S/C45H85O7P/c1-5-7-9-11-13-15-17-19-21-23-25-27-29-31-33-35-39-50-53(46,52-49-42-43-37-38-44(47-3)45(41-43)48-4)51-40-36-34-32-30-28-26-24-22-20-18-16-14-12-10-8-6-2/h37-38,41H,5-36,39-40,42H2,1-4H3. The van der Waals surface area contributed by atoms with Gasteiger partial charge in [-0.25, -0.2) is 9.45 Å². The number of benzene rings is 1. The third-order valence-electron chi connectivity index (χ3n) is 10.3. The molecule has 0 saturated heterocycles. The summed E-state index contributed by atoms with van der Waals surface area (Å²) in [6.45, 7) is 5.30. The van der Waals surface area contributed by atoms with Gasteiger partial charge in [0.15, 0.2) is 11.5 Å². The zero-order chi connectivity index (χ0) is 38.3. The monoisotopic (exact) mass is 769 g/mol. The Balaban J connectivity index is 2.23. The first-order valence-corrected chi connectivity index (χ1v) is 24.0. The van der Waals surface area contributed by atoms with Gasteiger partial charge in [-0.1, -0.05) is 213 Å². The lowest BCUT2D eigenvalue weighted by Crippen LogP contribution is -2.04. The average molecular weight is 769 g/mol. The minimum Gasteiger partial charge on any atom is -0.493 e. The van der Waals surface area contributed by atoms with Crippen molar-refractivity contribution in [2.24, 2.45) is 0 Å². The Morgan fingerprint density at radius 2 is 0.755 bits per heavy atom. The van der Waals surface area contributed by atoms with Crippen LogP contribution >= 0.6 is 7.82 Å². The molecule has 0 spiro atoms. The van der Waals surface area contributed by atoms with Gasteiger partial charge in [-0.15, -0.1) is 4.67 Å². The van der Waals surface area contributed by atoms with Crippen LogP contribution in [0.25, 0.3) is 0 Å². The number of phosphoric acid groups is 1. The van der Waals surface area contributed by atoms with Gasteiger partial charge in [0.2, 0.25) is 0 Å². The quantitative estimate of drug-likeness (QED) is 0.0284. The second-order valence-electron chi connectivity index (χ2n) is 15.2. The molecule has 0 aromatic heterocycles. The Labute approximate surface area is 328 Å². The summed E-state index contributed by atoms with van der Waals surface area (Å²) >= 11 is 0. The first kappa shape index (κ1) is 49.9. The van der Waals surface area contributed by atoms with Gasteiger partial charge in [-0.05, 0) is 30.5 Å². The van der Waals surface area contributed by atoms with Crippen LogP contribution in [0.15, 0.2) is 18.2 Å². The molecule has 1 rings (SSSR count). The van der Waals surface area contributed by atoms with E-state index >= 15 is 0 Å². The molecule has 53 heavy (non-hydrogen) atoms. The summed E-state index contributed by atoms with van der Waals surface area (Å²) in [5.41, 5.74) is 0.796. The molecular weight excluding hydrogens is 683 g/mol. The number of rotatable bonds is 42. The number of ether oxygens (including phenoxy) is 2. The van der Waals surface area contributed by atoms with Gasteiger partial charge in [0, 0.05) is 0 Å². The fourth-order valence-corrected chi connectivity index (χ4v) is 7.91. The maximum Gasteiger partial charge on any atom is 0.502 e. The van der Waals surface area contributed by atoms with Crippen LogP contribution in [0.1, 0.15) is 225 Å². The maximum absolute atomic E-state index is 13.5. The lowest BCUT2D eigenvalue weighted by Gasteiger charge is -2.17. The van der Waals surface area contributed by atoms with Crippen LogP contribution in [0.3, 0.4) is 0 Å². The highest BCUT2D eigenvalue weighted by atomic mass is 31.2. The molecule has 0 aliphatic carbocycles. The molecule has 0 radical (unpaired) electrons. The lowest BCUT2D eigenvalue weighted by molar-refractivity contribution is -0.237. The summed E-state index contributed by atoms with van der Waals surface area (Å²) < 4.78 is 41.1. The minimum atomic E-state index is -3.85. The molecule has 0 saturated carbocycles. The van der Waals surface area contributed by atoms with Gasteiger partial charge >= 0.3 is 7.82 Å². The van der Waals surface area contributed by atoms with Gasteiger partial charge in [0.05, 0.1) is 27.4 Å². The smallest absolute Gasteiger partial charge is 0.493 e. The van der Waals surface area contributed by atoms with E-state index in [1.54, 1.807) is 20.3 Å². The molecular formula is C45H85O7P. The molecule has 0 aliphatic heterocycles. The molecule has 8 heteroatoms. The summed E-state index contributed by atoms with van der Waals surface area (Å²) in [4.78, 5) is 5.42. The third-order valence-corrected chi connectivity index (χ3v) is 11.6. The van der Waals surface area contributed by atoms with E-state index in [0.29, 0.717) is 24.7 Å². The molecule has 0 N–H and O–H groups in total. The number of hydrogen-bond donors (Lipinski definition) is 0. The molecule has 1 aromatic carbocycles. The van der Waals surface area contributed by atoms with E-state index < -0.39 is 7.82 Å². The first-order valence-electron chi connectivity index (χ1n) is 22.5. The number of unbranched alkanes of at least 4 members (excludes halogenated alkanes) is 30. The van der Waals surface area contributed by atoms with Crippen LogP contribution in [0.5, 0.6) is 11.5 Å². The van der Waals surface area contributed by atoms with Crippen LogP contribution < -0.4 is 9.47 Å². The highest BCUT2D eigenvalue weighted by molar-refractivity contribution is 7.48. The van der Waals surface area contributed by atoms with Crippen molar-refractivity contribution in [2.75, 3.05) is 27.4 Å². The summed E-state index contributed by atoms with van der Waals surface area (Å²) in [5.74, 6) is 1.23. The average Bonchev–Trinajstić information content (AvgIpc) is 3.17. The van der Waals surface area contributed by atoms with Crippen LogP contribution in [0.4, 0.5) is 0 Å². The molecule has 0 fully saturated rings. The highest BCUT2D eigenvalue weighted by Gasteiger charge is 2.28. The van der Waals surface area contributed by atoms with Gasteiger partial charge in [-0.3, -0.25) is 9.05 Å². The fourth-order valence-electron chi connectivity index (χ4n) is 6.86. The first-order chi connectivity index (χ1) is 26.1. The molecule has 0 amide bonds. The SMILES string of the molecule is CCCCCCCCCCCCCCCCCCOP(=O)(OCCCCCCCCCCCCCCCCCC)OOCc1ccc(OC)c(OC)c1. The van der Waals surface area contributed by atoms with Gasteiger partial charge < -0.3 is 9.47 Å². The minimum absolute atomic E-state index is 0.0785. The van der Waals surface area contributed by atoms with Crippen molar-refractivity contribution in [3.63, 3.8) is 0 Å². The number of hydrogen-bond acceptors (Lipinski definition) is 7. The largest absolute Gasteiger partial charge is 0.502 e. The Bertz CT molecular complexity index is 917. The third kappa shape index (κ3) is 30.8. The molecule has 7 nitrogen and oxygen atoms in total. The summed E-state index contributed by atoms with van der Waals surface area (Å²) in [7, 11) is -0.661. The molecule has 0 atom stereocenters. The zero-order valence-electron chi connectivity index (χ0n) is 35.3. The Kier molecular flexibility index (Phi) is 35.6. The number of methoxy groups -OCH3 is 2. The zero-order valence-corrected chi connectivity index (χ0v) is 36.2. The van der Waals surface area contributed by atoms with Crippen LogP contribution in [0, 0.1) is 0 Å². The topological polar surface area (TPSA) is 72.5 Å². The lowest BCUT2D eigenvalue weighted by atomic mass is 10.0. The molecule has 1 aromatic rings. The van der Waals surface area contributed by atoms with Crippen molar-refractivity contribution in [2.45, 2.75) is 226 Å². The van der Waals surface area contributed by atoms with Crippen molar-refractivity contribution in [1.82, 2.24) is 0 Å². The second-order valence-corrected chi connectivity index (χ2v) is 16.8. The van der Waals surface area contributed by atoms with E-state index in [2.05, 4.69) is 13.8 Å². The van der Waals surface area contributed by atoms with Gasteiger partial charge in [-0.2, -0.15) is 0 Å². The predicted molar refractivity (Wildman–Crippen MR) is 224 cm³/mol. The molecule has 0 heterocycles. The Morgan fingerprint density at radius 3 is 1.08 bits per heavy atom. The van der Waals surface area contributed by atoms with Crippen molar-refractivity contribution in [3.05, 3.63) is 23.8 Å². The van der Waals surface area contributed by atoms with E-state index in [1.165, 1.54) is 180 Å². The highest BCUT2D eigenvalue weighted by Crippen LogP contribution is 2.50. The molecule has 0 unspecified atom stereocenters. The predicted octanol–water partition coefficient (Wildman–Crippen LogP) is 15.8. The Hall–Kier alpha value is -1.11. The number of phosphoric ester groups is 1. The van der Waals surface area contributed by atoms with Crippen molar-refractivity contribution >= 4 is 7.82 Å². The fraction of sp³-hybridized carbons (Fsp3) is 0.867. The van der Waals surface area contributed by atoms with E-state index in [4.69, 9.17) is 28.1 Å². The maximum atomic E-state index is 13.5. The summed E-state index contributed by atoms with van der Waals surface area (Å²) in [6, 6.07) is 5.46. The molecule has 312 valence electrons. The van der Waals surface area contributed by atoms with Crippen LogP contribution in [0.2, 0.25) is 0 Å². The van der Waals surface area contributed by atoms with Gasteiger partial charge in [0.25, 0.3) is 0 Å². The van der Waals surface area contributed by atoms with E-state index in [1.807, 2.05) is 12.1 Å². The Morgan fingerprint density at radius 1 is 0.434 bits per heavy atom. The van der Waals surface area contributed by atoms with Crippen molar-refractivity contribution in [1.29, 1.82) is 0 Å². The summed E-state index contributed by atoms with van der Waals surface area (Å²) in [5, 5.41) is 0. The normalized spacial score (nSPS) is 11.8. The van der Waals surface area contributed by atoms with Crippen LogP contribution in [-0.2, 0) is 29.8 Å². The van der Waals surface area contributed by atoms with E-state index in [-0.39, 0.29) is 6.61 Å². The van der Waals surface area contributed by atoms with E-state index in [9.17, 15) is 4.57 Å². The molecule has 0 aliphatic rings.